The second-order valence-electron chi connectivity index (χ2n) is 6.74. The minimum atomic E-state index is -0.936. The zero-order valence-corrected chi connectivity index (χ0v) is 15.3. The lowest BCUT2D eigenvalue weighted by molar-refractivity contribution is -0.134. The van der Waals surface area contributed by atoms with Crippen LogP contribution in [0, 0.1) is 5.41 Å². The van der Waals surface area contributed by atoms with Crippen LogP contribution in [0.4, 0.5) is 5.69 Å². The predicted octanol–water partition coefficient (Wildman–Crippen LogP) is 3.24. The van der Waals surface area contributed by atoms with E-state index in [-0.39, 0.29) is 11.8 Å². The quantitative estimate of drug-likeness (QED) is 0.752. The Morgan fingerprint density at radius 2 is 1.73 bits per heavy atom. The lowest BCUT2D eigenvalue weighted by Crippen LogP contribution is -2.40. The molecule has 5 nitrogen and oxygen atoms in total. The average molecular weight is 351 g/mol. The zero-order chi connectivity index (χ0) is 18.6. The molecule has 2 aromatic rings. The monoisotopic (exact) mass is 351 g/mol. The number of carbonyl (C=O) groups is 2. The van der Waals surface area contributed by atoms with Crippen LogP contribution in [0.1, 0.15) is 43.4 Å². The van der Waals surface area contributed by atoms with Crippen LogP contribution >= 0.6 is 0 Å². The summed E-state index contributed by atoms with van der Waals surface area (Å²) < 4.78 is 0. The van der Waals surface area contributed by atoms with Gasteiger partial charge >= 0.3 is 0 Å². The number of aryl methyl sites for hydroxylation is 2. The van der Waals surface area contributed by atoms with Crippen molar-refractivity contribution < 1.29 is 9.59 Å². The number of para-hydroxylation sites is 1. The summed E-state index contributed by atoms with van der Waals surface area (Å²) in [6.07, 6.45) is 6.26. The van der Waals surface area contributed by atoms with Crippen LogP contribution in [0.25, 0.3) is 0 Å². The molecule has 1 aliphatic rings. The van der Waals surface area contributed by atoms with Crippen LogP contribution in [0.2, 0.25) is 0 Å². The highest BCUT2D eigenvalue weighted by molar-refractivity contribution is 6.13. The van der Waals surface area contributed by atoms with Crippen LogP contribution in [0.5, 0.6) is 0 Å². The van der Waals surface area contributed by atoms with E-state index in [0.717, 1.165) is 35.2 Å². The first kappa shape index (κ1) is 18.1. The number of nitrogens with one attached hydrogen (secondary N) is 2. The number of hydrogen-bond acceptors (Lipinski definition) is 3. The summed E-state index contributed by atoms with van der Waals surface area (Å²) in [6.45, 7) is 4.52. The van der Waals surface area contributed by atoms with Gasteiger partial charge in [0.05, 0.1) is 0 Å². The Kier molecular flexibility index (Phi) is 5.35. The van der Waals surface area contributed by atoms with E-state index in [0.29, 0.717) is 19.4 Å². The second-order valence-corrected chi connectivity index (χ2v) is 6.74. The van der Waals surface area contributed by atoms with E-state index >= 15 is 0 Å². The first-order valence-electron chi connectivity index (χ1n) is 9.20. The van der Waals surface area contributed by atoms with Gasteiger partial charge in [-0.15, -0.1) is 0 Å². The highest BCUT2D eigenvalue weighted by atomic mass is 16.2. The Morgan fingerprint density at radius 3 is 2.27 bits per heavy atom. The maximum absolute atomic E-state index is 12.9. The van der Waals surface area contributed by atoms with E-state index in [2.05, 4.69) is 29.5 Å². The fourth-order valence-corrected chi connectivity index (χ4v) is 3.17. The van der Waals surface area contributed by atoms with Gasteiger partial charge in [0.15, 0.2) is 0 Å². The van der Waals surface area contributed by atoms with Crippen molar-refractivity contribution in [2.75, 3.05) is 5.32 Å². The Morgan fingerprint density at radius 1 is 1.04 bits per heavy atom. The predicted molar refractivity (Wildman–Crippen MR) is 102 cm³/mol. The van der Waals surface area contributed by atoms with E-state index in [1.807, 2.05) is 30.3 Å². The number of nitrogens with zero attached hydrogens (tertiary/aromatic N) is 1. The van der Waals surface area contributed by atoms with E-state index in [4.69, 9.17) is 0 Å². The van der Waals surface area contributed by atoms with Gasteiger partial charge < -0.3 is 10.6 Å². The van der Waals surface area contributed by atoms with E-state index in [1.165, 1.54) is 0 Å². The highest BCUT2D eigenvalue weighted by Crippen LogP contribution is 2.47. The van der Waals surface area contributed by atoms with Gasteiger partial charge in [0, 0.05) is 24.6 Å². The molecule has 1 aliphatic carbocycles. The number of carbonyl (C=O) groups excluding carboxylic acids is 2. The van der Waals surface area contributed by atoms with E-state index in [9.17, 15) is 9.59 Å². The molecular weight excluding hydrogens is 326 g/mol. The van der Waals surface area contributed by atoms with Crippen molar-refractivity contribution in [2.45, 2.75) is 46.1 Å². The Bertz CT molecular complexity index is 776. The van der Waals surface area contributed by atoms with Gasteiger partial charge in [-0.25, -0.2) is 0 Å². The molecule has 26 heavy (non-hydrogen) atoms. The molecule has 2 amide bonds. The molecule has 1 aromatic heterocycles. The van der Waals surface area contributed by atoms with Crippen LogP contribution in [-0.4, -0.2) is 16.8 Å². The summed E-state index contributed by atoms with van der Waals surface area (Å²) in [7, 11) is 0. The van der Waals surface area contributed by atoms with Crippen LogP contribution in [-0.2, 0) is 29.0 Å². The van der Waals surface area contributed by atoms with Crippen LogP contribution in [0.3, 0.4) is 0 Å². The molecule has 2 N–H and O–H groups in total. The third-order valence-corrected chi connectivity index (χ3v) is 5.03. The minimum absolute atomic E-state index is 0.197. The fourth-order valence-electron chi connectivity index (χ4n) is 3.17. The summed E-state index contributed by atoms with van der Waals surface area (Å²) in [5.74, 6) is -0.400. The molecule has 0 aliphatic heterocycles. The normalized spacial score (nSPS) is 14.5. The van der Waals surface area contributed by atoms with Gasteiger partial charge in [0.2, 0.25) is 11.8 Å². The Balaban J connectivity index is 1.70. The largest absolute Gasteiger partial charge is 0.351 e. The lowest BCUT2D eigenvalue weighted by atomic mass is 10.0. The van der Waals surface area contributed by atoms with Crippen molar-refractivity contribution in [3.63, 3.8) is 0 Å². The molecule has 0 unspecified atom stereocenters. The summed E-state index contributed by atoms with van der Waals surface area (Å²) >= 11 is 0. The minimum Gasteiger partial charge on any atom is -0.351 e. The second kappa shape index (κ2) is 7.68. The van der Waals surface area contributed by atoms with Crippen molar-refractivity contribution in [3.05, 3.63) is 59.4 Å². The molecule has 0 bridgehead atoms. The lowest BCUT2D eigenvalue weighted by Gasteiger charge is -2.19. The molecule has 136 valence electrons. The van der Waals surface area contributed by atoms with Crippen molar-refractivity contribution in [1.29, 1.82) is 0 Å². The molecule has 1 saturated carbocycles. The summed E-state index contributed by atoms with van der Waals surface area (Å²) in [6, 6.07) is 9.79. The van der Waals surface area contributed by atoms with E-state index in [1.54, 1.807) is 12.4 Å². The number of anilines is 1. The van der Waals surface area contributed by atoms with Gasteiger partial charge in [-0.05, 0) is 48.4 Å². The molecule has 0 atom stereocenters. The summed E-state index contributed by atoms with van der Waals surface area (Å²) in [5, 5.41) is 5.94. The van der Waals surface area contributed by atoms with Gasteiger partial charge in [-0.3, -0.25) is 14.6 Å². The number of rotatable bonds is 7. The highest BCUT2D eigenvalue weighted by Gasteiger charge is 2.56. The first-order valence-corrected chi connectivity index (χ1v) is 9.20. The SMILES string of the molecule is CCc1cccc(CC)c1NC(=O)C1(C(=O)NCc2cccnc2)CC1. The molecule has 0 spiro atoms. The zero-order valence-electron chi connectivity index (χ0n) is 15.3. The average Bonchev–Trinajstić information content (AvgIpc) is 3.49. The van der Waals surface area contributed by atoms with E-state index < -0.39 is 5.41 Å². The van der Waals surface area contributed by atoms with Gasteiger partial charge in [-0.2, -0.15) is 0 Å². The fraction of sp³-hybridized carbons (Fsp3) is 0.381. The van der Waals surface area contributed by atoms with Crippen molar-refractivity contribution in [1.82, 2.24) is 10.3 Å². The number of amides is 2. The number of aromatic nitrogens is 1. The molecule has 1 fully saturated rings. The Labute approximate surface area is 154 Å². The number of hydrogen-bond donors (Lipinski definition) is 2. The maximum Gasteiger partial charge on any atom is 0.240 e. The van der Waals surface area contributed by atoms with Crippen LogP contribution in [0.15, 0.2) is 42.7 Å². The number of pyridine rings is 1. The molecule has 0 saturated heterocycles. The van der Waals surface area contributed by atoms with Crippen molar-refractivity contribution in [3.8, 4) is 0 Å². The molecule has 1 heterocycles. The molecule has 3 rings (SSSR count). The van der Waals surface area contributed by atoms with Gasteiger partial charge in [0.25, 0.3) is 0 Å². The van der Waals surface area contributed by atoms with Gasteiger partial charge in [-0.1, -0.05) is 38.1 Å². The van der Waals surface area contributed by atoms with Gasteiger partial charge in [0.1, 0.15) is 5.41 Å². The maximum atomic E-state index is 12.9. The molecular formula is C21H25N3O2. The summed E-state index contributed by atoms with van der Waals surface area (Å²) in [4.78, 5) is 29.6. The molecule has 1 aromatic carbocycles. The smallest absolute Gasteiger partial charge is 0.240 e. The third-order valence-electron chi connectivity index (χ3n) is 5.03. The third kappa shape index (κ3) is 3.62. The Hall–Kier alpha value is -2.69. The summed E-state index contributed by atoms with van der Waals surface area (Å²) in [5.41, 5.74) is 3.05. The van der Waals surface area contributed by atoms with Crippen molar-refractivity contribution >= 4 is 17.5 Å². The molecule has 5 heteroatoms. The topological polar surface area (TPSA) is 71.1 Å². The van der Waals surface area contributed by atoms with Crippen LogP contribution < -0.4 is 10.6 Å². The first-order chi connectivity index (χ1) is 12.6. The standard InChI is InChI=1S/C21H25N3O2/c1-3-16-8-5-9-17(4-2)18(16)24-20(26)21(10-11-21)19(25)23-14-15-7-6-12-22-13-15/h5-9,12-13H,3-4,10-11,14H2,1-2H3,(H,23,25)(H,24,26). The van der Waals surface area contributed by atoms with Crippen molar-refractivity contribution in [2.24, 2.45) is 5.41 Å². The molecule has 0 radical (unpaired) electrons. The number of benzene rings is 1.